The summed E-state index contributed by atoms with van der Waals surface area (Å²) in [6.07, 6.45) is 11.6. The van der Waals surface area contributed by atoms with Crippen LogP contribution in [0.2, 0.25) is 0 Å². The molecule has 1 fully saturated rings. The minimum absolute atomic E-state index is 0.160. The van der Waals surface area contributed by atoms with Gasteiger partial charge in [0.15, 0.2) is 0 Å². The summed E-state index contributed by atoms with van der Waals surface area (Å²) in [4.78, 5) is 11.3. The molecule has 2 aliphatic carbocycles. The first-order valence-electron chi connectivity index (χ1n) is 8.90. The van der Waals surface area contributed by atoms with Gasteiger partial charge >= 0.3 is 5.97 Å². The summed E-state index contributed by atoms with van der Waals surface area (Å²) >= 11 is 0. The molecule has 2 heteroatoms. The lowest BCUT2D eigenvalue weighted by molar-refractivity contribution is -0.134. The highest BCUT2D eigenvalue weighted by molar-refractivity contribution is 5.85. The Morgan fingerprint density at radius 2 is 2.05 bits per heavy atom. The Bertz CT molecular complexity index is 526. The van der Waals surface area contributed by atoms with Crippen molar-refractivity contribution in [2.75, 3.05) is 6.61 Å². The lowest BCUT2D eigenvalue weighted by Crippen LogP contribution is -2.43. The molecule has 1 heterocycles. The van der Waals surface area contributed by atoms with Gasteiger partial charge in [0.1, 0.15) is 6.61 Å². The fourth-order valence-electron chi connectivity index (χ4n) is 4.90. The second-order valence-corrected chi connectivity index (χ2v) is 8.55. The summed E-state index contributed by atoms with van der Waals surface area (Å²) in [6.45, 7) is 10.3. The first-order valence-corrected chi connectivity index (χ1v) is 8.90. The van der Waals surface area contributed by atoms with E-state index in [1.807, 2.05) is 0 Å². The number of ether oxygens (including phenoxy) is 1. The number of fused-ring (bicyclic) bond motifs is 1. The Hall–Kier alpha value is -1.05. The van der Waals surface area contributed by atoms with E-state index < -0.39 is 0 Å². The van der Waals surface area contributed by atoms with Crippen LogP contribution in [-0.4, -0.2) is 12.6 Å². The third-order valence-electron chi connectivity index (χ3n) is 6.79. The number of cyclic esters (lactones) is 1. The Morgan fingerprint density at radius 1 is 1.27 bits per heavy atom. The van der Waals surface area contributed by atoms with Gasteiger partial charge in [0.2, 0.25) is 0 Å². The van der Waals surface area contributed by atoms with Crippen LogP contribution >= 0.6 is 0 Å². The van der Waals surface area contributed by atoms with Crippen LogP contribution in [0, 0.1) is 22.7 Å². The van der Waals surface area contributed by atoms with E-state index in [1.54, 1.807) is 11.6 Å². The fraction of sp³-hybridized carbons (Fsp3) is 0.750. The van der Waals surface area contributed by atoms with E-state index in [1.165, 1.54) is 31.3 Å². The SMILES string of the molecule is C[C@@H]1CC[C@H]2C(=CCCC2(C)C)[C@@]1(C)CCC1=CC(=O)OC1. The molecule has 3 rings (SSSR count). The van der Waals surface area contributed by atoms with Crippen molar-refractivity contribution in [1.82, 2.24) is 0 Å². The normalized spacial score (nSPS) is 37.2. The highest BCUT2D eigenvalue weighted by Gasteiger charge is 2.47. The molecule has 22 heavy (non-hydrogen) atoms. The molecule has 0 radical (unpaired) electrons. The fourth-order valence-corrected chi connectivity index (χ4v) is 4.90. The number of hydrogen-bond donors (Lipinski definition) is 0. The molecule has 0 aromatic rings. The Labute approximate surface area is 135 Å². The van der Waals surface area contributed by atoms with Crippen molar-refractivity contribution in [3.63, 3.8) is 0 Å². The summed E-state index contributed by atoms with van der Waals surface area (Å²) in [7, 11) is 0. The van der Waals surface area contributed by atoms with E-state index in [0.29, 0.717) is 12.0 Å². The lowest BCUT2D eigenvalue weighted by Gasteiger charge is -2.53. The third kappa shape index (κ3) is 2.66. The third-order valence-corrected chi connectivity index (χ3v) is 6.79. The van der Waals surface area contributed by atoms with Gasteiger partial charge < -0.3 is 4.74 Å². The Kier molecular flexibility index (Phi) is 3.99. The van der Waals surface area contributed by atoms with E-state index in [9.17, 15) is 4.79 Å². The minimum Gasteiger partial charge on any atom is -0.458 e. The maximum Gasteiger partial charge on any atom is 0.331 e. The highest BCUT2D eigenvalue weighted by Crippen LogP contribution is 2.58. The number of hydrogen-bond acceptors (Lipinski definition) is 2. The number of allylic oxidation sites excluding steroid dienone is 2. The summed E-state index contributed by atoms with van der Waals surface area (Å²) < 4.78 is 5.06. The molecule has 0 saturated heterocycles. The van der Waals surface area contributed by atoms with Gasteiger partial charge in [-0.1, -0.05) is 39.3 Å². The van der Waals surface area contributed by atoms with Gasteiger partial charge in [-0.2, -0.15) is 0 Å². The van der Waals surface area contributed by atoms with Gasteiger partial charge in [-0.05, 0) is 66.8 Å². The van der Waals surface area contributed by atoms with Crippen LogP contribution < -0.4 is 0 Å². The van der Waals surface area contributed by atoms with Crippen molar-refractivity contribution in [1.29, 1.82) is 0 Å². The van der Waals surface area contributed by atoms with E-state index in [4.69, 9.17) is 4.74 Å². The van der Waals surface area contributed by atoms with E-state index in [-0.39, 0.29) is 11.4 Å². The van der Waals surface area contributed by atoms with E-state index in [2.05, 4.69) is 33.8 Å². The largest absolute Gasteiger partial charge is 0.458 e. The maximum atomic E-state index is 11.3. The van der Waals surface area contributed by atoms with Gasteiger partial charge in [0, 0.05) is 6.08 Å². The predicted molar refractivity (Wildman–Crippen MR) is 89.4 cm³/mol. The first kappa shape index (κ1) is 15.8. The van der Waals surface area contributed by atoms with Crippen LogP contribution in [0.4, 0.5) is 0 Å². The van der Waals surface area contributed by atoms with Gasteiger partial charge in [-0.15, -0.1) is 0 Å². The van der Waals surface area contributed by atoms with Crippen molar-refractivity contribution >= 4 is 5.97 Å². The van der Waals surface area contributed by atoms with Gasteiger partial charge in [0.05, 0.1) is 0 Å². The van der Waals surface area contributed by atoms with E-state index >= 15 is 0 Å². The smallest absolute Gasteiger partial charge is 0.331 e. The van der Waals surface area contributed by atoms with Crippen LogP contribution in [0.1, 0.15) is 66.2 Å². The highest BCUT2D eigenvalue weighted by atomic mass is 16.5. The molecule has 0 unspecified atom stereocenters. The number of rotatable bonds is 3. The van der Waals surface area contributed by atoms with Crippen molar-refractivity contribution in [2.24, 2.45) is 22.7 Å². The molecular formula is C20H30O2. The van der Waals surface area contributed by atoms with Crippen LogP contribution in [0.15, 0.2) is 23.3 Å². The van der Waals surface area contributed by atoms with Gasteiger partial charge in [-0.3, -0.25) is 0 Å². The molecule has 1 saturated carbocycles. The average Bonchev–Trinajstić information content (AvgIpc) is 2.87. The average molecular weight is 302 g/mol. The van der Waals surface area contributed by atoms with Crippen molar-refractivity contribution < 1.29 is 9.53 Å². The van der Waals surface area contributed by atoms with Crippen LogP contribution in [0.25, 0.3) is 0 Å². The Balaban J connectivity index is 1.81. The summed E-state index contributed by atoms with van der Waals surface area (Å²) in [5, 5.41) is 0. The molecule has 0 aromatic heterocycles. The van der Waals surface area contributed by atoms with E-state index in [0.717, 1.165) is 24.7 Å². The maximum absolute atomic E-state index is 11.3. The summed E-state index contributed by atoms with van der Waals surface area (Å²) in [6, 6.07) is 0. The molecule has 3 aliphatic rings. The molecular weight excluding hydrogens is 272 g/mol. The molecule has 3 atom stereocenters. The molecule has 0 aromatic carbocycles. The number of esters is 1. The van der Waals surface area contributed by atoms with Crippen molar-refractivity contribution in [3.8, 4) is 0 Å². The van der Waals surface area contributed by atoms with Crippen LogP contribution in [-0.2, 0) is 9.53 Å². The molecule has 0 spiro atoms. The van der Waals surface area contributed by atoms with Crippen molar-refractivity contribution in [3.05, 3.63) is 23.3 Å². The molecule has 1 aliphatic heterocycles. The lowest BCUT2D eigenvalue weighted by atomic mass is 9.52. The number of carbonyl (C=O) groups excluding carboxylic acids is 1. The second-order valence-electron chi connectivity index (χ2n) is 8.55. The standard InChI is InChI=1S/C20H30O2/c1-14-7-8-16-17(6-5-10-19(16,2)3)20(14,4)11-9-15-12-18(21)22-13-15/h6,12,14,16H,5,7-11,13H2,1-4H3/t14-,16+,20+/m1/s1. The molecule has 0 amide bonds. The minimum atomic E-state index is -0.160. The topological polar surface area (TPSA) is 26.3 Å². The second kappa shape index (κ2) is 5.54. The quantitative estimate of drug-likeness (QED) is 0.539. The number of carbonyl (C=O) groups is 1. The zero-order valence-corrected chi connectivity index (χ0v) is 14.6. The van der Waals surface area contributed by atoms with Gasteiger partial charge in [-0.25, -0.2) is 4.79 Å². The predicted octanol–water partition coefficient (Wildman–Crippen LogP) is 5.05. The Morgan fingerprint density at radius 3 is 2.73 bits per heavy atom. The van der Waals surface area contributed by atoms with Crippen LogP contribution in [0.3, 0.4) is 0 Å². The monoisotopic (exact) mass is 302 g/mol. The zero-order valence-electron chi connectivity index (χ0n) is 14.6. The molecule has 122 valence electrons. The van der Waals surface area contributed by atoms with Crippen LogP contribution in [0.5, 0.6) is 0 Å². The van der Waals surface area contributed by atoms with Crippen molar-refractivity contribution in [2.45, 2.75) is 66.2 Å². The van der Waals surface area contributed by atoms with Gasteiger partial charge in [0.25, 0.3) is 0 Å². The summed E-state index contributed by atoms with van der Waals surface area (Å²) in [5.41, 5.74) is 3.62. The first-order chi connectivity index (χ1) is 10.3. The molecule has 0 N–H and O–H groups in total. The summed E-state index contributed by atoms with van der Waals surface area (Å²) in [5.74, 6) is 1.31. The molecule has 2 nitrogen and oxygen atoms in total. The molecule has 0 bridgehead atoms. The zero-order chi connectivity index (χ0) is 16.0.